The van der Waals surface area contributed by atoms with Crippen molar-refractivity contribution in [1.82, 2.24) is 0 Å². The zero-order valence-electron chi connectivity index (χ0n) is 2.86. The van der Waals surface area contributed by atoms with Crippen LogP contribution in [0.4, 0.5) is 0 Å². The van der Waals surface area contributed by atoms with Gasteiger partial charge in [-0.05, 0) is 0 Å². The fraction of sp³-hybridized carbons (Fsp3) is 0. The summed E-state index contributed by atoms with van der Waals surface area (Å²) < 4.78 is 0. The topological polar surface area (TPSA) is 138 Å². The van der Waals surface area contributed by atoms with Crippen molar-refractivity contribution < 1.29 is 52.6 Å². The minimum Gasteiger partial charge on any atom is -1.00 e. The molecule has 0 unspecified atom stereocenters. The van der Waals surface area contributed by atoms with E-state index in [1.54, 1.807) is 0 Å². The summed E-state index contributed by atoms with van der Waals surface area (Å²) in [5.41, 5.74) is 0. The van der Waals surface area contributed by atoms with Crippen LogP contribution in [-0.2, 0) is 21.1 Å². The monoisotopic (exact) mass is 194 g/mol. The van der Waals surface area contributed by atoms with Gasteiger partial charge in [0.15, 0.2) is 0 Å². The van der Waals surface area contributed by atoms with Gasteiger partial charge in [0.25, 0.3) is 0 Å². The van der Waals surface area contributed by atoms with Crippen LogP contribution in [0.2, 0.25) is 0 Å². The quantitative estimate of drug-likeness (QED) is 0.212. The van der Waals surface area contributed by atoms with E-state index in [-0.39, 0.29) is 21.1 Å². The zero-order chi connectivity index (χ0) is 6.00. The standard InChI is InChI=1S/Mo.3O2/c;3*1-2/q+6;3*-2. The molecular weight excluding hydrogens is 192 g/mol. The minimum atomic E-state index is 0. The predicted molar refractivity (Wildman–Crippen MR) is 0 cm³/mol. The molecule has 0 aromatic carbocycles. The summed E-state index contributed by atoms with van der Waals surface area (Å²) in [4.78, 5) is 0. The second-order valence-electron chi connectivity index (χ2n) is 0. The molecule has 0 aromatic heterocycles. The van der Waals surface area contributed by atoms with Crippen molar-refractivity contribution in [2.24, 2.45) is 0 Å². The summed E-state index contributed by atoms with van der Waals surface area (Å²) in [7, 11) is 0. The molecule has 6 nitrogen and oxygen atoms in total. The van der Waals surface area contributed by atoms with E-state index >= 15 is 0 Å². The first kappa shape index (κ1) is 26.0. The Morgan fingerprint density at radius 2 is 0.429 bits per heavy atom. The Morgan fingerprint density at radius 1 is 0.429 bits per heavy atom. The predicted octanol–water partition coefficient (Wildman–Crippen LogP) is -7.14. The van der Waals surface area contributed by atoms with Gasteiger partial charge in [-0.2, -0.15) is 0 Å². The van der Waals surface area contributed by atoms with Crippen LogP contribution >= 0.6 is 0 Å². The molecule has 7 heteroatoms. The van der Waals surface area contributed by atoms with E-state index in [1.165, 1.54) is 0 Å². The van der Waals surface area contributed by atoms with E-state index < -0.39 is 0 Å². The van der Waals surface area contributed by atoms with Crippen molar-refractivity contribution in [1.29, 1.82) is 0 Å². The Kier molecular flexibility index (Phi) is 3540. The van der Waals surface area contributed by atoms with Crippen molar-refractivity contribution in [2.75, 3.05) is 0 Å². The molecule has 0 bridgehead atoms. The largest absolute Gasteiger partial charge is 6.00 e. The molecule has 0 aliphatic rings. The van der Waals surface area contributed by atoms with Gasteiger partial charge in [-0.3, -0.25) is 0 Å². The van der Waals surface area contributed by atoms with Crippen molar-refractivity contribution in [3.63, 3.8) is 0 Å². The fourth-order valence-electron chi connectivity index (χ4n) is 0. The van der Waals surface area contributed by atoms with E-state index in [0.717, 1.165) is 0 Å². The van der Waals surface area contributed by atoms with Crippen LogP contribution in [0, 0.1) is 0 Å². The molecule has 0 saturated carbocycles. The Hall–Kier alpha value is 0.448. The molecule has 7 heavy (non-hydrogen) atoms. The third-order valence-corrected chi connectivity index (χ3v) is 0. The van der Waals surface area contributed by atoms with Gasteiger partial charge in [-0.25, -0.2) is 0 Å². The third kappa shape index (κ3) is 635. The van der Waals surface area contributed by atoms with Gasteiger partial charge in [0.1, 0.15) is 0 Å². The molecule has 0 spiro atoms. The van der Waals surface area contributed by atoms with Gasteiger partial charge in [-0.15, -0.1) is 0 Å². The molecule has 0 aliphatic heterocycles. The van der Waals surface area contributed by atoms with Crippen molar-refractivity contribution >= 4 is 0 Å². The van der Waals surface area contributed by atoms with Gasteiger partial charge in [0, 0.05) is 0 Å². The van der Waals surface area contributed by atoms with Gasteiger partial charge in [0.2, 0.25) is 0 Å². The molecule has 0 atom stereocenters. The van der Waals surface area contributed by atoms with Crippen LogP contribution in [0.3, 0.4) is 0 Å². The Bertz CT molecular complexity index is 4.14. The average molecular weight is 192 g/mol. The van der Waals surface area contributed by atoms with Crippen LogP contribution in [0.1, 0.15) is 0 Å². The molecule has 0 aromatic rings. The normalized spacial score (nSPS) is 2.57. The van der Waals surface area contributed by atoms with E-state index in [1.807, 2.05) is 0 Å². The van der Waals surface area contributed by atoms with Gasteiger partial charge >= 0.3 is 21.1 Å². The van der Waals surface area contributed by atoms with E-state index in [9.17, 15) is 0 Å². The first-order chi connectivity index (χ1) is 3.00. The average Bonchev–Trinajstić information content (AvgIpc) is 1.81. The van der Waals surface area contributed by atoms with Crippen LogP contribution in [-0.4, -0.2) is 0 Å². The minimum absolute atomic E-state index is 0. The maximum atomic E-state index is 7.00. The molecule has 0 rings (SSSR count). The van der Waals surface area contributed by atoms with Crippen molar-refractivity contribution in [2.45, 2.75) is 0 Å². The molecule has 0 radical (unpaired) electrons. The summed E-state index contributed by atoms with van der Waals surface area (Å²) in [6.45, 7) is 0. The molecule has 0 fully saturated rings. The summed E-state index contributed by atoms with van der Waals surface area (Å²) in [6, 6.07) is 0. The zero-order valence-corrected chi connectivity index (χ0v) is 4.86. The van der Waals surface area contributed by atoms with Gasteiger partial charge < -0.3 is 31.5 Å². The molecule has 42 valence electrons. The smallest absolute Gasteiger partial charge is 1.00 e. The Morgan fingerprint density at radius 3 is 0.429 bits per heavy atom. The van der Waals surface area contributed by atoms with Gasteiger partial charge in [-0.1, -0.05) is 0 Å². The number of rotatable bonds is 0. The third-order valence-electron chi connectivity index (χ3n) is 0. The summed E-state index contributed by atoms with van der Waals surface area (Å²) in [5, 5.41) is 42.0. The number of hydrogen-bond donors (Lipinski definition) is 0. The van der Waals surface area contributed by atoms with Crippen LogP contribution in [0.5, 0.6) is 0 Å². The second-order valence-corrected chi connectivity index (χ2v) is 0. The Labute approximate surface area is 53.3 Å². The Balaban J connectivity index is -0.00000000900. The molecule has 0 N–H and O–H groups in total. The van der Waals surface area contributed by atoms with Crippen LogP contribution < -0.4 is 31.5 Å². The van der Waals surface area contributed by atoms with Crippen molar-refractivity contribution in [3.05, 3.63) is 0 Å². The number of hydrogen-bond acceptors (Lipinski definition) is 6. The van der Waals surface area contributed by atoms with Crippen LogP contribution in [0.15, 0.2) is 0 Å². The maximum absolute atomic E-state index is 7.00. The van der Waals surface area contributed by atoms with E-state index in [4.69, 9.17) is 31.5 Å². The van der Waals surface area contributed by atoms with Gasteiger partial charge in [0.05, 0.1) is 0 Å². The molecule has 0 amide bonds. The van der Waals surface area contributed by atoms with E-state index in [0.29, 0.717) is 0 Å². The first-order valence-corrected chi connectivity index (χ1v) is 0.500. The van der Waals surface area contributed by atoms with Crippen molar-refractivity contribution in [3.8, 4) is 0 Å². The first-order valence-electron chi connectivity index (χ1n) is 0.500. The molecule has 0 aliphatic carbocycles. The molecule has 0 saturated heterocycles. The molecule has 0 heterocycles. The summed E-state index contributed by atoms with van der Waals surface area (Å²) >= 11 is 0. The molecular formula is MoO6. The summed E-state index contributed by atoms with van der Waals surface area (Å²) in [5.74, 6) is 0. The SMILES string of the molecule is [Mo+6].[O-][O-].[O-][O-].[O-][O-]. The fourth-order valence-corrected chi connectivity index (χ4v) is 0. The maximum Gasteiger partial charge on any atom is 6.00 e. The van der Waals surface area contributed by atoms with Crippen LogP contribution in [0.25, 0.3) is 0 Å². The summed E-state index contributed by atoms with van der Waals surface area (Å²) in [6.07, 6.45) is 0. The van der Waals surface area contributed by atoms with E-state index in [2.05, 4.69) is 0 Å². The second kappa shape index (κ2) is 952.